The van der Waals surface area contributed by atoms with E-state index >= 15 is 0 Å². The lowest BCUT2D eigenvalue weighted by atomic mass is 10.3. The molecular formula is C22H18N4O. The third-order valence-corrected chi connectivity index (χ3v) is 3.86. The van der Waals surface area contributed by atoms with Gasteiger partial charge in [-0.05, 0) is 72.8 Å². The lowest BCUT2D eigenvalue weighted by molar-refractivity contribution is 0.483. The first-order valence-corrected chi connectivity index (χ1v) is 8.58. The van der Waals surface area contributed by atoms with Gasteiger partial charge in [0.2, 0.25) is 0 Å². The molecule has 0 amide bonds. The molecule has 0 bridgehead atoms. The quantitative estimate of drug-likeness (QED) is 0.433. The van der Waals surface area contributed by atoms with Crippen molar-refractivity contribution in [2.24, 2.45) is 9.98 Å². The minimum Gasteiger partial charge on any atom is -0.457 e. The molecule has 5 heteroatoms. The van der Waals surface area contributed by atoms with Crippen molar-refractivity contribution >= 4 is 23.8 Å². The molecule has 0 atom stereocenters. The number of aromatic nitrogens is 2. The molecule has 0 radical (unpaired) electrons. The second kappa shape index (κ2) is 8.01. The number of hydrogen-bond acceptors (Lipinski definition) is 3. The van der Waals surface area contributed by atoms with E-state index in [4.69, 9.17) is 4.74 Å². The van der Waals surface area contributed by atoms with E-state index in [0.29, 0.717) is 0 Å². The van der Waals surface area contributed by atoms with E-state index in [0.717, 1.165) is 34.3 Å². The van der Waals surface area contributed by atoms with E-state index in [-0.39, 0.29) is 0 Å². The summed E-state index contributed by atoms with van der Waals surface area (Å²) in [7, 11) is 0. The predicted molar refractivity (Wildman–Crippen MR) is 109 cm³/mol. The molecule has 4 aromatic rings. The van der Waals surface area contributed by atoms with Gasteiger partial charge < -0.3 is 14.7 Å². The van der Waals surface area contributed by atoms with Crippen molar-refractivity contribution in [3.63, 3.8) is 0 Å². The Hall–Kier alpha value is -3.86. The Morgan fingerprint density at radius 1 is 0.593 bits per heavy atom. The van der Waals surface area contributed by atoms with Gasteiger partial charge in [0.05, 0.1) is 35.2 Å². The van der Waals surface area contributed by atoms with Crippen molar-refractivity contribution in [2.75, 3.05) is 0 Å². The Kier molecular flexibility index (Phi) is 4.93. The fraction of sp³-hybridized carbons (Fsp3) is 0. The average molecular weight is 354 g/mol. The highest BCUT2D eigenvalue weighted by atomic mass is 16.5. The molecule has 0 aliphatic heterocycles. The fourth-order valence-corrected chi connectivity index (χ4v) is 2.47. The van der Waals surface area contributed by atoms with Gasteiger partial charge in [0.1, 0.15) is 11.5 Å². The van der Waals surface area contributed by atoms with Gasteiger partial charge in [0.25, 0.3) is 0 Å². The van der Waals surface area contributed by atoms with Crippen LogP contribution in [0.15, 0.2) is 95.2 Å². The molecule has 132 valence electrons. The number of hydrogen-bond donors (Lipinski definition) is 2. The van der Waals surface area contributed by atoms with Gasteiger partial charge in [-0.3, -0.25) is 9.98 Å². The molecule has 5 nitrogen and oxygen atoms in total. The molecule has 0 saturated heterocycles. The van der Waals surface area contributed by atoms with Crippen LogP contribution in [0, 0.1) is 0 Å². The molecule has 2 aromatic heterocycles. The fourth-order valence-electron chi connectivity index (χ4n) is 2.47. The number of nitrogens with one attached hydrogen (secondary N) is 2. The molecule has 2 N–H and O–H groups in total. The van der Waals surface area contributed by atoms with Crippen molar-refractivity contribution in [3.8, 4) is 11.5 Å². The summed E-state index contributed by atoms with van der Waals surface area (Å²) in [6, 6.07) is 23.1. The van der Waals surface area contributed by atoms with E-state index in [1.54, 1.807) is 12.4 Å². The maximum atomic E-state index is 5.87. The van der Waals surface area contributed by atoms with E-state index in [1.165, 1.54) is 0 Å². The van der Waals surface area contributed by atoms with Crippen LogP contribution in [0.25, 0.3) is 0 Å². The highest BCUT2D eigenvalue weighted by Crippen LogP contribution is 2.25. The first kappa shape index (κ1) is 16.6. The summed E-state index contributed by atoms with van der Waals surface area (Å²) in [6.07, 6.45) is 7.33. The number of aliphatic imine (C=N–C) groups is 2. The molecule has 2 aromatic carbocycles. The maximum absolute atomic E-state index is 5.87. The number of aromatic amines is 2. The molecule has 0 saturated carbocycles. The summed E-state index contributed by atoms with van der Waals surface area (Å²) >= 11 is 0. The Labute approximate surface area is 157 Å². The SMILES string of the molecule is C(=Nc1ccc(Oc2ccc(N=Cc3ccc[nH]3)cc2)cc1)c1ccc[nH]1. The van der Waals surface area contributed by atoms with Crippen LogP contribution in [0.3, 0.4) is 0 Å². The third-order valence-electron chi connectivity index (χ3n) is 3.86. The predicted octanol–water partition coefficient (Wildman–Crippen LogP) is 5.64. The monoisotopic (exact) mass is 354 g/mol. The molecule has 27 heavy (non-hydrogen) atoms. The number of ether oxygens (including phenoxy) is 1. The van der Waals surface area contributed by atoms with Gasteiger partial charge in [0, 0.05) is 12.4 Å². The number of benzene rings is 2. The summed E-state index contributed by atoms with van der Waals surface area (Å²) in [6.45, 7) is 0. The van der Waals surface area contributed by atoms with E-state index < -0.39 is 0 Å². The molecular weight excluding hydrogens is 336 g/mol. The zero-order valence-electron chi connectivity index (χ0n) is 14.5. The minimum atomic E-state index is 0.761. The first-order valence-electron chi connectivity index (χ1n) is 8.58. The van der Waals surface area contributed by atoms with Gasteiger partial charge >= 0.3 is 0 Å². The smallest absolute Gasteiger partial charge is 0.127 e. The molecule has 0 fully saturated rings. The van der Waals surface area contributed by atoms with Gasteiger partial charge in [0.15, 0.2) is 0 Å². The van der Waals surface area contributed by atoms with Crippen LogP contribution < -0.4 is 4.74 Å². The average Bonchev–Trinajstić information content (AvgIpc) is 3.41. The summed E-state index contributed by atoms with van der Waals surface area (Å²) in [5.74, 6) is 1.52. The summed E-state index contributed by atoms with van der Waals surface area (Å²) < 4.78 is 5.87. The van der Waals surface area contributed by atoms with Crippen molar-refractivity contribution in [1.82, 2.24) is 9.97 Å². The largest absolute Gasteiger partial charge is 0.457 e. The van der Waals surface area contributed by atoms with Crippen molar-refractivity contribution in [3.05, 3.63) is 96.6 Å². The third kappa shape index (κ3) is 4.61. The number of rotatable bonds is 6. The Morgan fingerprint density at radius 2 is 1.04 bits per heavy atom. The molecule has 0 aliphatic carbocycles. The second-order valence-electron chi connectivity index (χ2n) is 5.86. The highest BCUT2D eigenvalue weighted by Gasteiger charge is 1.98. The standard InChI is InChI=1S/C22H18N4O/c1-3-19(23-13-1)15-25-17-5-9-21(10-6-17)27-22-11-7-18(8-12-22)26-16-20-4-2-14-24-20/h1-16,23-24H. The normalized spacial score (nSPS) is 11.4. The molecule has 0 aliphatic rings. The summed E-state index contributed by atoms with van der Waals surface area (Å²) in [5, 5.41) is 0. The van der Waals surface area contributed by atoms with Crippen LogP contribution >= 0.6 is 0 Å². The van der Waals surface area contributed by atoms with Crippen molar-refractivity contribution in [1.29, 1.82) is 0 Å². The van der Waals surface area contributed by atoms with Crippen LogP contribution in [0.5, 0.6) is 11.5 Å². The van der Waals surface area contributed by atoms with E-state index in [9.17, 15) is 0 Å². The van der Waals surface area contributed by atoms with Gasteiger partial charge in [-0.25, -0.2) is 0 Å². The summed E-state index contributed by atoms with van der Waals surface area (Å²) in [5.41, 5.74) is 3.67. The molecule has 0 unspecified atom stereocenters. The lowest BCUT2D eigenvalue weighted by Gasteiger charge is -2.06. The van der Waals surface area contributed by atoms with E-state index in [2.05, 4.69) is 20.0 Å². The number of nitrogens with zero attached hydrogens (tertiary/aromatic N) is 2. The van der Waals surface area contributed by atoms with Crippen molar-refractivity contribution in [2.45, 2.75) is 0 Å². The number of H-pyrrole nitrogens is 2. The van der Waals surface area contributed by atoms with E-state index in [1.807, 2.05) is 85.2 Å². The van der Waals surface area contributed by atoms with Crippen LogP contribution in [-0.2, 0) is 0 Å². The lowest BCUT2D eigenvalue weighted by Crippen LogP contribution is -1.83. The van der Waals surface area contributed by atoms with Gasteiger partial charge in [-0.1, -0.05) is 0 Å². The Morgan fingerprint density at radius 3 is 1.41 bits per heavy atom. The minimum absolute atomic E-state index is 0.761. The highest BCUT2D eigenvalue weighted by molar-refractivity contribution is 5.80. The van der Waals surface area contributed by atoms with Crippen LogP contribution in [0.2, 0.25) is 0 Å². The molecule has 2 heterocycles. The molecule has 0 spiro atoms. The first-order chi connectivity index (χ1) is 13.3. The van der Waals surface area contributed by atoms with Crippen LogP contribution in [0.1, 0.15) is 11.4 Å². The maximum Gasteiger partial charge on any atom is 0.127 e. The van der Waals surface area contributed by atoms with Crippen LogP contribution in [-0.4, -0.2) is 22.4 Å². The molecule has 4 rings (SSSR count). The second-order valence-corrected chi connectivity index (χ2v) is 5.86. The summed E-state index contributed by atoms with van der Waals surface area (Å²) in [4.78, 5) is 15.0. The van der Waals surface area contributed by atoms with Gasteiger partial charge in [-0.2, -0.15) is 0 Å². The van der Waals surface area contributed by atoms with Crippen molar-refractivity contribution < 1.29 is 4.74 Å². The Bertz CT molecular complexity index is 927. The zero-order valence-corrected chi connectivity index (χ0v) is 14.5. The van der Waals surface area contributed by atoms with Gasteiger partial charge in [-0.15, -0.1) is 0 Å². The van der Waals surface area contributed by atoms with Crippen LogP contribution in [0.4, 0.5) is 11.4 Å². The Balaban J connectivity index is 1.37. The topological polar surface area (TPSA) is 65.5 Å². The zero-order chi connectivity index (χ0) is 18.3.